The Labute approximate surface area is 118 Å². The van der Waals surface area contributed by atoms with Gasteiger partial charge in [-0.25, -0.2) is 0 Å². The van der Waals surface area contributed by atoms with Crippen LogP contribution in [0.3, 0.4) is 0 Å². The normalized spacial score (nSPS) is 11.5. The van der Waals surface area contributed by atoms with Crippen molar-refractivity contribution < 1.29 is 22.7 Å². The second-order valence-corrected chi connectivity index (χ2v) is 4.47. The molecule has 0 fully saturated rings. The number of methoxy groups -OCH3 is 1. The van der Waals surface area contributed by atoms with E-state index in [1.54, 1.807) is 13.0 Å². The Hall–Kier alpha value is -2.31. The molecule has 1 N–H and O–H groups in total. The molecule has 0 amide bonds. The number of ether oxygens (including phenoxy) is 1. The highest BCUT2D eigenvalue weighted by atomic mass is 19.4. The Morgan fingerprint density at radius 2 is 2.05 bits per heavy atom. The molecule has 0 spiro atoms. The number of anilines is 1. The van der Waals surface area contributed by atoms with Crippen LogP contribution in [0.2, 0.25) is 0 Å². The van der Waals surface area contributed by atoms with Crippen LogP contribution >= 0.6 is 0 Å². The number of carbonyl (C=O) groups is 1. The highest BCUT2D eigenvalue weighted by Gasteiger charge is 2.30. The maximum absolute atomic E-state index is 12.8. The molecule has 21 heavy (non-hydrogen) atoms. The zero-order valence-corrected chi connectivity index (χ0v) is 11.4. The summed E-state index contributed by atoms with van der Waals surface area (Å²) in [5.41, 5.74) is 0.709. The second-order valence-electron chi connectivity index (χ2n) is 4.47. The van der Waals surface area contributed by atoms with E-state index in [4.69, 9.17) is 0 Å². The molecule has 0 aliphatic rings. The number of hydrogen-bond donors (Lipinski definition) is 1. The van der Waals surface area contributed by atoms with Crippen molar-refractivity contribution in [2.45, 2.75) is 13.1 Å². The summed E-state index contributed by atoms with van der Waals surface area (Å²) in [4.78, 5) is 15.3. The van der Waals surface area contributed by atoms with E-state index in [1.165, 1.54) is 13.2 Å². The Bertz CT molecular complexity index is 684. The number of fused-ring (bicyclic) bond motifs is 1. The van der Waals surface area contributed by atoms with Gasteiger partial charge in [-0.05, 0) is 31.2 Å². The average Bonchev–Trinajstić information content (AvgIpc) is 2.42. The summed E-state index contributed by atoms with van der Waals surface area (Å²) in [6.45, 7) is 1.59. The monoisotopic (exact) mass is 298 g/mol. The molecular weight excluding hydrogens is 285 g/mol. The van der Waals surface area contributed by atoms with Crippen molar-refractivity contribution in [2.75, 3.05) is 19.0 Å². The zero-order chi connectivity index (χ0) is 15.6. The highest BCUT2D eigenvalue weighted by Crippen LogP contribution is 2.33. The van der Waals surface area contributed by atoms with E-state index in [2.05, 4.69) is 15.0 Å². The van der Waals surface area contributed by atoms with Crippen LogP contribution in [-0.4, -0.2) is 24.6 Å². The van der Waals surface area contributed by atoms with Crippen molar-refractivity contribution in [2.24, 2.45) is 0 Å². The largest absolute Gasteiger partial charge is 0.468 e. The van der Waals surface area contributed by atoms with Crippen LogP contribution in [0.1, 0.15) is 11.3 Å². The quantitative estimate of drug-likeness (QED) is 0.884. The van der Waals surface area contributed by atoms with Crippen LogP contribution < -0.4 is 5.32 Å². The van der Waals surface area contributed by atoms with Gasteiger partial charge in [0.05, 0.1) is 18.2 Å². The maximum Gasteiger partial charge on any atom is 0.416 e. The summed E-state index contributed by atoms with van der Waals surface area (Å²) in [5, 5.41) is 3.08. The van der Waals surface area contributed by atoms with Crippen molar-refractivity contribution in [3.63, 3.8) is 0 Å². The van der Waals surface area contributed by atoms with Gasteiger partial charge in [-0.2, -0.15) is 13.2 Å². The number of halogens is 3. The molecule has 1 heterocycles. The fourth-order valence-corrected chi connectivity index (χ4v) is 1.92. The number of pyridine rings is 1. The molecule has 112 valence electrons. The Balaban J connectivity index is 2.49. The number of nitrogens with zero attached hydrogens (tertiary/aromatic N) is 1. The van der Waals surface area contributed by atoms with Crippen LogP contribution in [0.15, 0.2) is 24.3 Å². The summed E-state index contributed by atoms with van der Waals surface area (Å²) in [6, 6.07) is 4.90. The van der Waals surface area contributed by atoms with Gasteiger partial charge in [0.2, 0.25) is 0 Å². The number of aryl methyl sites for hydroxylation is 1. The molecule has 0 saturated carbocycles. The van der Waals surface area contributed by atoms with Crippen molar-refractivity contribution in [3.8, 4) is 0 Å². The SMILES string of the molecule is COC(=O)CNc1cc(C)nc2ccc(C(F)(F)F)cc12. The molecule has 0 unspecified atom stereocenters. The molecule has 7 heteroatoms. The fraction of sp³-hybridized carbons (Fsp3) is 0.286. The number of hydrogen-bond acceptors (Lipinski definition) is 4. The van der Waals surface area contributed by atoms with Crippen molar-refractivity contribution in [1.82, 2.24) is 4.98 Å². The first-order chi connectivity index (χ1) is 9.81. The highest BCUT2D eigenvalue weighted by molar-refractivity contribution is 5.93. The predicted molar refractivity (Wildman–Crippen MR) is 72.0 cm³/mol. The first-order valence-corrected chi connectivity index (χ1v) is 6.10. The van der Waals surface area contributed by atoms with Gasteiger partial charge in [-0.1, -0.05) is 0 Å². The maximum atomic E-state index is 12.8. The molecule has 0 aliphatic carbocycles. The van der Waals surface area contributed by atoms with Gasteiger partial charge in [0.1, 0.15) is 6.54 Å². The van der Waals surface area contributed by atoms with Gasteiger partial charge < -0.3 is 10.1 Å². The first kappa shape index (κ1) is 15.1. The van der Waals surface area contributed by atoms with E-state index in [9.17, 15) is 18.0 Å². The van der Waals surface area contributed by atoms with Crippen LogP contribution in [0.5, 0.6) is 0 Å². The van der Waals surface area contributed by atoms with Crippen molar-refractivity contribution in [1.29, 1.82) is 0 Å². The van der Waals surface area contributed by atoms with Gasteiger partial charge in [0.25, 0.3) is 0 Å². The van der Waals surface area contributed by atoms with E-state index >= 15 is 0 Å². The number of aromatic nitrogens is 1. The molecule has 2 rings (SSSR count). The zero-order valence-electron chi connectivity index (χ0n) is 11.4. The lowest BCUT2D eigenvalue weighted by Crippen LogP contribution is -2.15. The average molecular weight is 298 g/mol. The van der Waals surface area contributed by atoms with E-state index in [0.717, 1.165) is 12.1 Å². The van der Waals surface area contributed by atoms with Crippen molar-refractivity contribution in [3.05, 3.63) is 35.5 Å². The standard InChI is InChI=1S/C14H13F3N2O2/c1-8-5-12(18-7-13(20)21-2)10-6-9(14(15,16)17)3-4-11(10)19-8/h3-6H,7H2,1-2H3,(H,18,19). The summed E-state index contributed by atoms with van der Waals surface area (Å²) in [7, 11) is 1.24. The third kappa shape index (κ3) is 3.42. The molecular formula is C14H13F3N2O2. The second kappa shape index (κ2) is 5.59. The van der Waals surface area contributed by atoms with Crippen LogP contribution in [0.25, 0.3) is 10.9 Å². The molecule has 0 radical (unpaired) electrons. The Morgan fingerprint density at radius 1 is 1.33 bits per heavy atom. The minimum absolute atomic E-state index is 0.134. The molecule has 1 aromatic heterocycles. The Morgan fingerprint density at radius 3 is 2.67 bits per heavy atom. The predicted octanol–water partition coefficient (Wildman–Crippen LogP) is 3.15. The van der Waals surface area contributed by atoms with E-state index in [1.807, 2.05) is 0 Å². The van der Waals surface area contributed by atoms with Crippen LogP contribution in [0.4, 0.5) is 18.9 Å². The number of benzene rings is 1. The molecule has 1 aromatic carbocycles. The van der Waals surface area contributed by atoms with Crippen LogP contribution in [0, 0.1) is 6.92 Å². The minimum atomic E-state index is -4.43. The minimum Gasteiger partial charge on any atom is -0.468 e. The smallest absolute Gasteiger partial charge is 0.416 e. The molecule has 0 aliphatic heterocycles. The third-order valence-corrected chi connectivity index (χ3v) is 2.91. The van der Waals surface area contributed by atoms with Gasteiger partial charge in [-0.15, -0.1) is 0 Å². The number of rotatable bonds is 3. The topological polar surface area (TPSA) is 51.2 Å². The number of carbonyl (C=O) groups excluding carboxylic acids is 1. The van der Waals surface area contributed by atoms with Gasteiger partial charge >= 0.3 is 12.1 Å². The summed E-state index contributed by atoms with van der Waals surface area (Å²) in [6.07, 6.45) is -4.43. The molecule has 0 atom stereocenters. The fourth-order valence-electron chi connectivity index (χ4n) is 1.92. The molecule has 0 saturated heterocycles. The third-order valence-electron chi connectivity index (χ3n) is 2.91. The van der Waals surface area contributed by atoms with E-state index < -0.39 is 17.7 Å². The number of alkyl halides is 3. The van der Waals surface area contributed by atoms with Gasteiger partial charge in [0, 0.05) is 16.8 Å². The lowest BCUT2D eigenvalue weighted by molar-refractivity contribution is -0.139. The Kier molecular flexibility index (Phi) is 4.02. The number of nitrogens with one attached hydrogen (secondary N) is 1. The first-order valence-electron chi connectivity index (χ1n) is 6.10. The lowest BCUT2D eigenvalue weighted by Gasteiger charge is -2.12. The number of esters is 1. The molecule has 0 bridgehead atoms. The lowest BCUT2D eigenvalue weighted by atomic mass is 10.1. The van der Waals surface area contributed by atoms with Crippen LogP contribution in [-0.2, 0) is 15.7 Å². The van der Waals surface area contributed by atoms with Crippen molar-refractivity contribution >= 4 is 22.6 Å². The summed E-state index contributed by atoms with van der Waals surface area (Å²) < 4.78 is 42.8. The molecule has 4 nitrogen and oxygen atoms in total. The van der Waals surface area contributed by atoms with Gasteiger partial charge in [-0.3, -0.25) is 9.78 Å². The van der Waals surface area contributed by atoms with Gasteiger partial charge in [0.15, 0.2) is 0 Å². The summed E-state index contributed by atoms with van der Waals surface area (Å²) in [5.74, 6) is -0.510. The van der Waals surface area contributed by atoms with E-state index in [-0.39, 0.29) is 6.54 Å². The summed E-state index contributed by atoms with van der Waals surface area (Å²) >= 11 is 0. The van der Waals surface area contributed by atoms with E-state index in [0.29, 0.717) is 22.3 Å². The molecule has 2 aromatic rings.